The Balaban J connectivity index is 1.85. The van der Waals surface area contributed by atoms with Crippen molar-refractivity contribution in [1.29, 1.82) is 0 Å². The average molecular weight is 353 g/mol. The molecule has 0 unspecified atom stereocenters. The van der Waals surface area contributed by atoms with Gasteiger partial charge in [-0.25, -0.2) is 9.59 Å². The highest BCUT2D eigenvalue weighted by atomic mass is 35.5. The lowest BCUT2D eigenvalue weighted by Crippen LogP contribution is -2.12. The minimum atomic E-state index is -0.592. The average Bonchev–Trinajstić information content (AvgIpc) is 2.66. The zero-order valence-corrected chi connectivity index (χ0v) is 13.8. The first-order chi connectivity index (χ1) is 12.1. The van der Waals surface area contributed by atoms with Crippen LogP contribution >= 0.6 is 11.6 Å². The summed E-state index contributed by atoms with van der Waals surface area (Å²) >= 11 is 6.12. The number of halogens is 1. The lowest BCUT2D eigenvalue weighted by Gasteiger charge is -2.12. The summed E-state index contributed by atoms with van der Waals surface area (Å²) in [6.07, 6.45) is 0. The third-order valence-corrected chi connectivity index (χ3v) is 3.64. The molecule has 3 rings (SSSR count). The van der Waals surface area contributed by atoms with Gasteiger partial charge in [0.1, 0.15) is 0 Å². The molecule has 3 aromatic rings. The predicted octanol–water partition coefficient (Wildman–Crippen LogP) is 4.78. The van der Waals surface area contributed by atoms with Gasteiger partial charge in [-0.15, -0.1) is 0 Å². The van der Waals surface area contributed by atoms with Gasteiger partial charge in [-0.05, 0) is 36.4 Å². The van der Waals surface area contributed by atoms with Gasteiger partial charge in [0.05, 0.1) is 16.1 Å². The van der Waals surface area contributed by atoms with Crippen molar-refractivity contribution in [3.05, 3.63) is 95.0 Å². The van der Waals surface area contributed by atoms with Crippen molar-refractivity contribution in [2.75, 3.05) is 0 Å². The summed E-state index contributed by atoms with van der Waals surface area (Å²) in [5.74, 6) is -1.08. The molecule has 0 bridgehead atoms. The van der Waals surface area contributed by atoms with Crippen LogP contribution in [0.1, 0.15) is 20.7 Å². The van der Waals surface area contributed by atoms with Crippen molar-refractivity contribution >= 4 is 23.5 Å². The summed E-state index contributed by atoms with van der Waals surface area (Å²) < 4.78 is 10.7. The maximum absolute atomic E-state index is 12.3. The quantitative estimate of drug-likeness (QED) is 0.501. The fourth-order valence-electron chi connectivity index (χ4n) is 2.13. The van der Waals surface area contributed by atoms with Gasteiger partial charge in [0.2, 0.25) is 0 Å². The molecule has 0 saturated carbocycles. The summed E-state index contributed by atoms with van der Waals surface area (Å²) in [5.41, 5.74) is 0.741. The first-order valence-corrected chi connectivity index (χ1v) is 7.86. The van der Waals surface area contributed by atoms with E-state index in [9.17, 15) is 9.59 Å². The number of ether oxygens (including phenoxy) is 2. The molecule has 0 aliphatic carbocycles. The van der Waals surface area contributed by atoms with E-state index >= 15 is 0 Å². The second-order valence-electron chi connectivity index (χ2n) is 5.08. The van der Waals surface area contributed by atoms with E-state index in [1.165, 1.54) is 6.07 Å². The van der Waals surface area contributed by atoms with Crippen molar-refractivity contribution in [2.24, 2.45) is 0 Å². The van der Waals surface area contributed by atoms with E-state index in [-0.39, 0.29) is 16.5 Å². The number of carbonyl (C=O) groups is 2. The highest BCUT2D eigenvalue weighted by Gasteiger charge is 2.18. The molecule has 0 N–H and O–H groups in total. The summed E-state index contributed by atoms with van der Waals surface area (Å²) in [5, 5.41) is 0.169. The number of esters is 2. The Morgan fingerprint density at radius 2 is 1.16 bits per heavy atom. The van der Waals surface area contributed by atoms with Gasteiger partial charge in [0.15, 0.2) is 11.5 Å². The number of para-hydroxylation sites is 1. The molecule has 0 atom stereocenters. The van der Waals surface area contributed by atoms with Crippen LogP contribution in [0, 0.1) is 0 Å². The van der Waals surface area contributed by atoms with E-state index in [0.717, 1.165) is 0 Å². The molecule has 4 nitrogen and oxygen atoms in total. The molecule has 0 saturated heterocycles. The Labute approximate surface area is 149 Å². The predicted molar refractivity (Wildman–Crippen MR) is 94.3 cm³/mol. The summed E-state index contributed by atoms with van der Waals surface area (Å²) in [6, 6.07) is 21.7. The summed E-state index contributed by atoms with van der Waals surface area (Å²) in [6.45, 7) is 0. The summed E-state index contributed by atoms with van der Waals surface area (Å²) in [7, 11) is 0. The standard InChI is InChI=1S/C20H13ClO4/c21-16-12-7-13-17(24-19(22)14-8-3-1-4-9-14)18(16)25-20(23)15-10-5-2-6-11-15/h1-13H. The molecule has 0 heterocycles. The zero-order valence-electron chi connectivity index (χ0n) is 13.0. The van der Waals surface area contributed by atoms with Crippen molar-refractivity contribution in [1.82, 2.24) is 0 Å². The second kappa shape index (κ2) is 7.64. The van der Waals surface area contributed by atoms with Crippen LogP contribution in [-0.4, -0.2) is 11.9 Å². The number of hydrogen-bond donors (Lipinski definition) is 0. The number of benzene rings is 3. The van der Waals surface area contributed by atoms with Crippen molar-refractivity contribution < 1.29 is 19.1 Å². The Hall–Kier alpha value is -3.11. The highest BCUT2D eigenvalue weighted by molar-refractivity contribution is 6.32. The second-order valence-corrected chi connectivity index (χ2v) is 5.49. The molecule has 25 heavy (non-hydrogen) atoms. The van der Waals surface area contributed by atoms with E-state index in [4.69, 9.17) is 21.1 Å². The minimum absolute atomic E-state index is 0.00213. The van der Waals surface area contributed by atoms with Crippen LogP contribution in [0.25, 0.3) is 0 Å². The largest absolute Gasteiger partial charge is 0.419 e. The van der Waals surface area contributed by atoms with E-state index in [2.05, 4.69) is 0 Å². The topological polar surface area (TPSA) is 52.6 Å². The number of hydrogen-bond acceptors (Lipinski definition) is 4. The molecule has 0 spiro atoms. The van der Waals surface area contributed by atoms with Crippen LogP contribution < -0.4 is 9.47 Å². The van der Waals surface area contributed by atoms with Gasteiger partial charge in [-0.2, -0.15) is 0 Å². The number of rotatable bonds is 4. The molecule has 124 valence electrons. The van der Waals surface area contributed by atoms with Crippen LogP contribution in [0.3, 0.4) is 0 Å². The van der Waals surface area contributed by atoms with Gasteiger partial charge in [0.25, 0.3) is 0 Å². The van der Waals surface area contributed by atoms with Crippen LogP contribution in [-0.2, 0) is 0 Å². The fourth-order valence-corrected chi connectivity index (χ4v) is 2.33. The lowest BCUT2D eigenvalue weighted by molar-refractivity contribution is 0.0682. The highest BCUT2D eigenvalue weighted by Crippen LogP contribution is 2.35. The van der Waals surface area contributed by atoms with E-state index in [0.29, 0.717) is 11.1 Å². The molecule has 0 aliphatic rings. The minimum Gasteiger partial charge on any atom is -0.419 e. The van der Waals surface area contributed by atoms with Crippen molar-refractivity contribution in [3.8, 4) is 11.5 Å². The molecule has 0 amide bonds. The van der Waals surface area contributed by atoms with Gasteiger partial charge in [-0.3, -0.25) is 0 Å². The zero-order chi connectivity index (χ0) is 17.6. The van der Waals surface area contributed by atoms with Crippen molar-refractivity contribution in [2.45, 2.75) is 0 Å². The molecular formula is C20H13ClO4. The lowest BCUT2D eigenvalue weighted by atomic mass is 10.2. The van der Waals surface area contributed by atoms with E-state index in [1.807, 2.05) is 0 Å². The molecule has 3 aromatic carbocycles. The van der Waals surface area contributed by atoms with Crippen LogP contribution in [0.5, 0.6) is 11.5 Å². The fraction of sp³-hybridized carbons (Fsp3) is 0. The van der Waals surface area contributed by atoms with E-state index < -0.39 is 11.9 Å². The van der Waals surface area contributed by atoms with E-state index in [1.54, 1.807) is 72.8 Å². The third kappa shape index (κ3) is 4.05. The third-order valence-electron chi connectivity index (χ3n) is 3.35. The normalized spacial score (nSPS) is 10.1. The monoisotopic (exact) mass is 352 g/mol. The first kappa shape index (κ1) is 16.7. The molecule has 0 aromatic heterocycles. The summed E-state index contributed by atoms with van der Waals surface area (Å²) in [4.78, 5) is 24.5. The Morgan fingerprint density at radius 3 is 1.72 bits per heavy atom. The molecule has 0 radical (unpaired) electrons. The SMILES string of the molecule is O=C(Oc1cccc(Cl)c1OC(=O)c1ccccc1)c1ccccc1. The van der Waals surface area contributed by atoms with Gasteiger partial charge in [0, 0.05) is 0 Å². The smallest absolute Gasteiger partial charge is 0.343 e. The number of carbonyl (C=O) groups excluding carboxylic acids is 2. The van der Waals surface area contributed by atoms with Crippen molar-refractivity contribution in [3.63, 3.8) is 0 Å². The molecular weight excluding hydrogens is 340 g/mol. The molecule has 0 aliphatic heterocycles. The Morgan fingerprint density at radius 1 is 0.640 bits per heavy atom. The van der Waals surface area contributed by atoms with Crippen LogP contribution in [0.2, 0.25) is 5.02 Å². The maximum atomic E-state index is 12.3. The molecule has 0 fully saturated rings. The Kier molecular flexibility index (Phi) is 5.11. The van der Waals surface area contributed by atoms with Crippen LogP contribution in [0.4, 0.5) is 0 Å². The Bertz CT molecular complexity index is 892. The van der Waals surface area contributed by atoms with Gasteiger partial charge >= 0.3 is 11.9 Å². The first-order valence-electron chi connectivity index (χ1n) is 7.48. The van der Waals surface area contributed by atoms with Crippen LogP contribution in [0.15, 0.2) is 78.9 Å². The van der Waals surface area contributed by atoms with Gasteiger partial charge < -0.3 is 9.47 Å². The van der Waals surface area contributed by atoms with Gasteiger partial charge in [-0.1, -0.05) is 54.1 Å². The maximum Gasteiger partial charge on any atom is 0.343 e. The molecule has 5 heteroatoms.